The van der Waals surface area contributed by atoms with Crippen LogP contribution in [-0.4, -0.2) is 18.1 Å². The Morgan fingerprint density at radius 1 is 1.24 bits per heavy atom. The lowest BCUT2D eigenvalue weighted by Gasteiger charge is -2.29. The summed E-state index contributed by atoms with van der Waals surface area (Å²) in [6.07, 6.45) is 6.52. The molecule has 0 saturated heterocycles. The molecule has 3 heteroatoms. The van der Waals surface area contributed by atoms with Gasteiger partial charge in [0.15, 0.2) is 0 Å². The maximum atomic E-state index is 11.8. The van der Waals surface area contributed by atoms with E-state index >= 15 is 0 Å². The molecule has 0 spiro atoms. The minimum Gasteiger partial charge on any atom is -0.336 e. The molecule has 2 fully saturated rings. The molecular weight excluding hydrogens is 212 g/mol. The van der Waals surface area contributed by atoms with Gasteiger partial charge in [0.1, 0.15) is 0 Å². The van der Waals surface area contributed by atoms with Crippen LogP contribution in [-0.2, 0) is 0 Å². The second-order valence-electron chi connectivity index (χ2n) is 6.05. The molecule has 0 unspecified atom stereocenters. The maximum Gasteiger partial charge on any atom is 0.315 e. The first-order valence-electron chi connectivity index (χ1n) is 7.17. The third-order valence-corrected chi connectivity index (χ3v) is 4.78. The zero-order valence-corrected chi connectivity index (χ0v) is 11.3. The molecule has 17 heavy (non-hydrogen) atoms. The highest BCUT2D eigenvalue weighted by molar-refractivity contribution is 5.74. The lowest BCUT2D eigenvalue weighted by atomic mass is 9.84. The quantitative estimate of drug-likeness (QED) is 0.777. The van der Waals surface area contributed by atoms with E-state index in [0.29, 0.717) is 6.04 Å². The average Bonchev–Trinajstić information content (AvgIpc) is 2.90. The van der Waals surface area contributed by atoms with E-state index in [1.807, 2.05) is 6.92 Å². The molecule has 2 aliphatic rings. The van der Waals surface area contributed by atoms with Crippen LogP contribution >= 0.6 is 0 Å². The standard InChI is InChI=1S/C14H26N2O/c1-4-9(2)15-14(17)16-10(3)13-8-11-5-6-12(13)7-11/h9-13H,4-8H2,1-3H3,(H2,15,16,17)/t9-,10-,11-,12-,13+/m0/s1. The van der Waals surface area contributed by atoms with Crippen molar-refractivity contribution < 1.29 is 4.79 Å². The van der Waals surface area contributed by atoms with Crippen molar-refractivity contribution in [2.45, 2.75) is 65.0 Å². The summed E-state index contributed by atoms with van der Waals surface area (Å²) in [5.74, 6) is 2.54. The van der Waals surface area contributed by atoms with Crippen molar-refractivity contribution in [3.05, 3.63) is 0 Å². The fourth-order valence-corrected chi connectivity index (χ4v) is 3.59. The Bertz CT molecular complexity index is 279. The van der Waals surface area contributed by atoms with Gasteiger partial charge >= 0.3 is 6.03 Å². The Hall–Kier alpha value is -0.730. The van der Waals surface area contributed by atoms with E-state index in [0.717, 1.165) is 24.2 Å². The molecule has 0 aliphatic heterocycles. The van der Waals surface area contributed by atoms with Crippen LogP contribution in [0, 0.1) is 17.8 Å². The van der Waals surface area contributed by atoms with Crippen LogP contribution in [0.4, 0.5) is 4.79 Å². The van der Waals surface area contributed by atoms with E-state index in [2.05, 4.69) is 24.5 Å². The number of amides is 2. The summed E-state index contributed by atoms with van der Waals surface area (Å²) < 4.78 is 0. The van der Waals surface area contributed by atoms with Crippen molar-refractivity contribution in [1.82, 2.24) is 10.6 Å². The summed E-state index contributed by atoms with van der Waals surface area (Å²) >= 11 is 0. The Balaban J connectivity index is 1.77. The third kappa shape index (κ3) is 2.93. The minimum absolute atomic E-state index is 0.00891. The van der Waals surface area contributed by atoms with Crippen LogP contribution in [0.15, 0.2) is 0 Å². The topological polar surface area (TPSA) is 41.1 Å². The van der Waals surface area contributed by atoms with Gasteiger partial charge in [-0.3, -0.25) is 0 Å². The molecule has 2 amide bonds. The average molecular weight is 238 g/mol. The fraction of sp³-hybridized carbons (Fsp3) is 0.929. The number of fused-ring (bicyclic) bond motifs is 2. The first-order chi connectivity index (χ1) is 8.10. The van der Waals surface area contributed by atoms with Gasteiger partial charge in [0.05, 0.1) is 0 Å². The van der Waals surface area contributed by atoms with Gasteiger partial charge in [-0.2, -0.15) is 0 Å². The monoisotopic (exact) mass is 238 g/mol. The minimum atomic E-state index is 0.00891. The van der Waals surface area contributed by atoms with Crippen molar-refractivity contribution in [2.75, 3.05) is 0 Å². The molecule has 0 aromatic rings. The SMILES string of the molecule is CC[C@H](C)NC(=O)N[C@@H](C)[C@H]1C[C@H]2CC[C@H]1C2. The highest BCUT2D eigenvalue weighted by Crippen LogP contribution is 2.49. The van der Waals surface area contributed by atoms with Gasteiger partial charge in [0, 0.05) is 12.1 Å². The number of hydrogen-bond acceptors (Lipinski definition) is 1. The van der Waals surface area contributed by atoms with Gasteiger partial charge in [-0.25, -0.2) is 4.79 Å². The van der Waals surface area contributed by atoms with Crippen LogP contribution in [0.25, 0.3) is 0 Å². The zero-order chi connectivity index (χ0) is 12.4. The summed E-state index contributed by atoms with van der Waals surface area (Å²) in [6, 6.07) is 0.603. The van der Waals surface area contributed by atoms with Crippen LogP contribution in [0.1, 0.15) is 52.9 Å². The molecule has 2 bridgehead atoms. The van der Waals surface area contributed by atoms with Crippen molar-refractivity contribution in [1.29, 1.82) is 0 Å². The zero-order valence-electron chi connectivity index (χ0n) is 11.3. The summed E-state index contributed by atoms with van der Waals surface area (Å²) in [6.45, 7) is 6.30. The first-order valence-corrected chi connectivity index (χ1v) is 7.17. The molecule has 3 nitrogen and oxygen atoms in total. The fourth-order valence-electron chi connectivity index (χ4n) is 3.59. The molecule has 2 aliphatic carbocycles. The number of urea groups is 1. The van der Waals surface area contributed by atoms with E-state index in [9.17, 15) is 4.79 Å². The van der Waals surface area contributed by atoms with Crippen LogP contribution in [0.2, 0.25) is 0 Å². The normalized spacial score (nSPS) is 34.4. The van der Waals surface area contributed by atoms with Crippen molar-refractivity contribution >= 4 is 6.03 Å². The molecule has 0 radical (unpaired) electrons. The van der Waals surface area contributed by atoms with Gasteiger partial charge in [-0.05, 0) is 57.3 Å². The van der Waals surface area contributed by atoms with Gasteiger partial charge in [0.2, 0.25) is 0 Å². The van der Waals surface area contributed by atoms with Gasteiger partial charge in [-0.1, -0.05) is 13.3 Å². The second kappa shape index (κ2) is 5.28. The van der Waals surface area contributed by atoms with E-state index in [1.165, 1.54) is 25.7 Å². The predicted octanol–water partition coefficient (Wildman–Crippen LogP) is 2.91. The molecule has 0 aromatic heterocycles. The van der Waals surface area contributed by atoms with Crippen LogP contribution in [0.5, 0.6) is 0 Å². The Morgan fingerprint density at radius 2 is 2.00 bits per heavy atom. The van der Waals surface area contributed by atoms with E-state index in [1.54, 1.807) is 0 Å². The van der Waals surface area contributed by atoms with Gasteiger partial charge < -0.3 is 10.6 Å². The smallest absolute Gasteiger partial charge is 0.315 e. The number of carbonyl (C=O) groups excluding carboxylic acids is 1. The number of carbonyl (C=O) groups is 1. The summed E-state index contributed by atoms with van der Waals surface area (Å²) in [5.41, 5.74) is 0. The molecule has 2 saturated carbocycles. The van der Waals surface area contributed by atoms with Crippen molar-refractivity contribution in [3.8, 4) is 0 Å². The van der Waals surface area contributed by atoms with E-state index in [4.69, 9.17) is 0 Å². The van der Waals surface area contributed by atoms with Gasteiger partial charge in [-0.15, -0.1) is 0 Å². The lowest BCUT2D eigenvalue weighted by molar-refractivity contribution is 0.217. The first kappa shape index (κ1) is 12.7. The highest BCUT2D eigenvalue weighted by atomic mass is 16.2. The highest BCUT2D eigenvalue weighted by Gasteiger charge is 2.42. The molecule has 98 valence electrons. The summed E-state index contributed by atoms with van der Waals surface area (Å²) in [5, 5.41) is 6.10. The lowest BCUT2D eigenvalue weighted by Crippen LogP contribution is -2.47. The van der Waals surface area contributed by atoms with E-state index < -0.39 is 0 Å². The van der Waals surface area contributed by atoms with Crippen molar-refractivity contribution in [2.24, 2.45) is 17.8 Å². The number of nitrogens with one attached hydrogen (secondary N) is 2. The molecule has 2 N–H and O–H groups in total. The Morgan fingerprint density at radius 3 is 2.53 bits per heavy atom. The summed E-state index contributed by atoms with van der Waals surface area (Å²) in [4.78, 5) is 11.8. The molecule has 0 aromatic carbocycles. The third-order valence-electron chi connectivity index (χ3n) is 4.78. The molecular formula is C14H26N2O. The maximum absolute atomic E-state index is 11.8. The second-order valence-corrected chi connectivity index (χ2v) is 6.05. The predicted molar refractivity (Wildman–Crippen MR) is 69.8 cm³/mol. The Kier molecular flexibility index (Phi) is 3.95. The number of hydrogen-bond donors (Lipinski definition) is 2. The van der Waals surface area contributed by atoms with Crippen LogP contribution in [0.3, 0.4) is 0 Å². The van der Waals surface area contributed by atoms with Crippen LogP contribution < -0.4 is 10.6 Å². The van der Waals surface area contributed by atoms with Crippen molar-refractivity contribution in [3.63, 3.8) is 0 Å². The Labute approximate surface area is 105 Å². The molecule has 5 atom stereocenters. The summed E-state index contributed by atoms with van der Waals surface area (Å²) in [7, 11) is 0. The van der Waals surface area contributed by atoms with Gasteiger partial charge in [0.25, 0.3) is 0 Å². The number of rotatable bonds is 4. The molecule has 0 heterocycles. The van der Waals surface area contributed by atoms with E-state index in [-0.39, 0.29) is 12.1 Å². The molecule has 2 rings (SSSR count). The largest absolute Gasteiger partial charge is 0.336 e.